The molecule has 0 aliphatic carbocycles. The fraction of sp³-hybridized carbons (Fsp3) is 0.533. The quantitative estimate of drug-likeness (QED) is 0.197. The lowest BCUT2D eigenvalue weighted by atomic mass is 10.2. The van der Waals surface area contributed by atoms with Gasteiger partial charge in [-0.1, -0.05) is 50.1 Å². The summed E-state index contributed by atoms with van der Waals surface area (Å²) in [6.07, 6.45) is 18.7. The fourth-order valence-corrected chi connectivity index (χ4v) is 1.32. The van der Waals surface area contributed by atoms with Crippen LogP contribution in [0.25, 0.3) is 0 Å². The molecule has 0 amide bonds. The molecule has 0 aliphatic heterocycles. The lowest BCUT2D eigenvalue weighted by Gasteiger charge is -1.91. The number of esters is 1. The minimum absolute atomic E-state index is 0.314. The number of carbonyl (C=O) groups excluding carboxylic acids is 1. The maximum Gasteiger partial charge on any atom is 0.330 e. The van der Waals surface area contributed by atoms with E-state index in [1.807, 2.05) is 6.08 Å². The summed E-state index contributed by atoms with van der Waals surface area (Å²) in [5.41, 5.74) is 0. The van der Waals surface area contributed by atoms with Crippen LogP contribution in [0.3, 0.4) is 0 Å². The maximum atomic E-state index is 10.7. The van der Waals surface area contributed by atoms with Gasteiger partial charge in [-0.15, -0.1) is 0 Å². The van der Waals surface area contributed by atoms with Gasteiger partial charge in [-0.3, -0.25) is 0 Å². The van der Waals surface area contributed by atoms with E-state index in [1.54, 1.807) is 6.08 Å². The lowest BCUT2D eigenvalue weighted by Crippen LogP contribution is -1.92. The second-order valence-electron chi connectivity index (χ2n) is 3.85. The zero-order valence-corrected chi connectivity index (χ0v) is 11.0. The minimum atomic E-state index is -0.314. The van der Waals surface area contributed by atoms with Crippen molar-refractivity contribution in [2.75, 3.05) is 7.11 Å². The van der Waals surface area contributed by atoms with E-state index in [0.29, 0.717) is 0 Å². The van der Waals surface area contributed by atoms with Gasteiger partial charge in [0, 0.05) is 6.08 Å². The molecular weight excluding hydrogens is 212 g/mol. The first kappa shape index (κ1) is 15.7. The maximum absolute atomic E-state index is 10.7. The van der Waals surface area contributed by atoms with Gasteiger partial charge in [-0.25, -0.2) is 4.79 Å². The van der Waals surface area contributed by atoms with Gasteiger partial charge in [0.1, 0.15) is 0 Å². The first-order chi connectivity index (χ1) is 8.31. The van der Waals surface area contributed by atoms with Crippen LogP contribution in [0.4, 0.5) is 0 Å². The number of unbranched alkanes of at least 4 members (excludes halogenated alkanes) is 4. The van der Waals surface area contributed by atoms with Crippen molar-refractivity contribution in [2.45, 2.75) is 45.4 Å². The van der Waals surface area contributed by atoms with Crippen LogP contribution in [0.1, 0.15) is 45.4 Å². The van der Waals surface area contributed by atoms with Gasteiger partial charge in [0.05, 0.1) is 7.11 Å². The van der Waals surface area contributed by atoms with Crippen LogP contribution in [-0.2, 0) is 9.53 Å². The van der Waals surface area contributed by atoms with E-state index in [0.717, 1.165) is 12.8 Å². The van der Waals surface area contributed by atoms with Gasteiger partial charge in [-0.05, 0) is 25.7 Å². The molecule has 0 saturated carbocycles. The van der Waals surface area contributed by atoms with Crippen molar-refractivity contribution in [3.8, 4) is 0 Å². The number of ether oxygens (including phenoxy) is 1. The van der Waals surface area contributed by atoms with Crippen molar-refractivity contribution in [1.29, 1.82) is 0 Å². The molecule has 0 aromatic rings. The van der Waals surface area contributed by atoms with Gasteiger partial charge in [0.25, 0.3) is 0 Å². The van der Waals surface area contributed by atoms with Gasteiger partial charge in [-0.2, -0.15) is 0 Å². The monoisotopic (exact) mass is 236 g/mol. The van der Waals surface area contributed by atoms with E-state index in [4.69, 9.17) is 0 Å². The highest BCUT2D eigenvalue weighted by Gasteiger charge is 1.86. The Kier molecular flexibility index (Phi) is 11.8. The van der Waals surface area contributed by atoms with Crippen molar-refractivity contribution in [3.05, 3.63) is 36.5 Å². The number of carbonyl (C=O) groups is 1. The molecule has 17 heavy (non-hydrogen) atoms. The van der Waals surface area contributed by atoms with E-state index in [1.165, 1.54) is 38.9 Å². The van der Waals surface area contributed by atoms with E-state index < -0.39 is 0 Å². The Bertz CT molecular complexity index is 262. The van der Waals surface area contributed by atoms with Crippen molar-refractivity contribution >= 4 is 5.97 Å². The first-order valence-electron chi connectivity index (χ1n) is 6.37. The summed E-state index contributed by atoms with van der Waals surface area (Å²) in [6, 6.07) is 0. The summed E-state index contributed by atoms with van der Waals surface area (Å²) in [7, 11) is 1.37. The molecule has 2 heteroatoms. The standard InChI is InChI=1S/C15H24O2/c1-3-4-5-6-7-8-9-10-11-12-13-14-15(16)17-2/h7-8,11-14H,3-6,9-10H2,1-2H3/b8-7-,12-11+,14-13+. The molecule has 0 atom stereocenters. The summed E-state index contributed by atoms with van der Waals surface area (Å²) < 4.78 is 4.47. The molecule has 0 bridgehead atoms. The number of methoxy groups -OCH3 is 1. The zero-order valence-electron chi connectivity index (χ0n) is 11.0. The Labute approximate surface area is 105 Å². The number of allylic oxidation sites excluding steroid dienone is 5. The Hall–Kier alpha value is -1.31. The van der Waals surface area contributed by atoms with Crippen LogP contribution in [0.2, 0.25) is 0 Å². The molecule has 0 aliphatic rings. The first-order valence-corrected chi connectivity index (χ1v) is 6.37. The molecule has 0 unspecified atom stereocenters. The third kappa shape index (κ3) is 12.6. The molecule has 0 heterocycles. The SMILES string of the molecule is CCCCC/C=C\CC/C=C/C=C/C(=O)OC. The molecule has 0 aromatic heterocycles. The van der Waals surface area contributed by atoms with Crippen LogP contribution in [0, 0.1) is 0 Å². The molecule has 0 N–H and O–H groups in total. The van der Waals surface area contributed by atoms with Crippen LogP contribution >= 0.6 is 0 Å². The predicted molar refractivity (Wildman–Crippen MR) is 72.8 cm³/mol. The van der Waals surface area contributed by atoms with Gasteiger partial charge in [0.15, 0.2) is 0 Å². The van der Waals surface area contributed by atoms with Crippen LogP contribution in [-0.4, -0.2) is 13.1 Å². The van der Waals surface area contributed by atoms with Crippen LogP contribution in [0.15, 0.2) is 36.5 Å². The van der Waals surface area contributed by atoms with E-state index in [-0.39, 0.29) is 5.97 Å². The normalized spacial score (nSPS) is 11.9. The highest BCUT2D eigenvalue weighted by molar-refractivity contribution is 5.82. The average Bonchev–Trinajstić information content (AvgIpc) is 2.35. The minimum Gasteiger partial charge on any atom is -0.466 e. The van der Waals surface area contributed by atoms with Crippen molar-refractivity contribution in [2.24, 2.45) is 0 Å². The van der Waals surface area contributed by atoms with Crippen molar-refractivity contribution < 1.29 is 9.53 Å². The summed E-state index contributed by atoms with van der Waals surface area (Å²) in [5.74, 6) is -0.314. The summed E-state index contributed by atoms with van der Waals surface area (Å²) in [4.78, 5) is 10.7. The average molecular weight is 236 g/mol. The summed E-state index contributed by atoms with van der Waals surface area (Å²) in [5, 5.41) is 0. The fourth-order valence-electron chi connectivity index (χ4n) is 1.32. The topological polar surface area (TPSA) is 26.3 Å². The molecule has 0 rings (SSSR count). The van der Waals surface area contributed by atoms with Gasteiger partial charge in [0.2, 0.25) is 0 Å². The molecule has 0 radical (unpaired) electrons. The second-order valence-corrected chi connectivity index (χ2v) is 3.85. The predicted octanol–water partition coefficient (Wildman–Crippen LogP) is 4.19. The highest BCUT2D eigenvalue weighted by Crippen LogP contribution is 2.01. The Morgan fingerprint density at radius 1 is 1.00 bits per heavy atom. The van der Waals surface area contributed by atoms with Gasteiger partial charge >= 0.3 is 5.97 Å². The van der Waals surface area contributed by atoms with Crippen molar-refractivity contribution in [3.63, 3.8) is 0 Å². The lowest BCUT2D eigenvalue weighted by molar-refractivity contribution is -0.134. The van der Waals surface area contributed by atoms with Gasteiger partial charge < -0.3 is 4.74 Å². The van der Waals surface area contributed by atoms with Crippen LogP contribution in [0.5, 0.6) is 0 Å². The molecule has 0 aromatic carbocycles. The zero-order chi connectivity index (χ0) is 12.8. The molecule has 2 nitrogen and oxygen atoms in total. The largest absolute Gasteiger partial charge is 0.466 e. The third-order valence-corrected chi connectivity index (χ3v) is 2.32. The Morgan fingerprint density at radius 3 is 2.41 bits per heavy atom. The second kappa shape index (κ2) is 12.8. The molecule has 0 saturated heterocycles. The van der Waals surface area contributed by atoms with E-state index >= 15 is 0 Å². The summed E-state index contributed by atoms with van der Waals surface area (Å²) in [6.45, 7) is 2.22. The highest BCUT2D eigenvalue weighted by atomic mass is 16.5. The molecular formula is C15H24O2. The van der Waals surface area contributed by atoms with E-state index in [9.17, 15) is 4.79 Å². The van der Waals surface area contributed by atoms with E-state index in [2.05, 4.69) is 29.9 Å². The summed E-state index contributed by atoms with van der Waals surface area (Å²) >= 11 is 0. The number of hydrogen-bond acceptors (Lipinski definition) is 2. The third-order valence-electron chi connectivity index (χ3n) is 2.32. The Morgan fingerprint density at radius 2 is 1.71 bits per heavy atom. The molecule has 96 valence electrons. The molecule has 0 fully saturated rings. The Balaban J connectivity index is 3.41. The number of rotatable bonds is 9. The van der Waals surface area contributed by atoms with Crippen LogP contribution < -0.4 is 0 Å². The van der Waals surface area contributed by atoms with Crippen molar-refractivity contribution in [1.82, 2.24) is 0 Å². The number of hydrogen-bond donors (Lipinski definition) is 0. The smallest absolute Gasteiger partial charge is 0.330 e. The molecule has 0 spiro atoms.